The van der Waals surface area contributed by atoms with E-state index in [0.717, 1.165) is 0 Å². The zero-order valence-corrected chi connectivity index (χ0v) is 9.95. The monoisotopic (exact) mass is 269 g/mol. The summed E-state index contributed by atoms with van der Waals surface area (Å²) < 4.78 is 40.1. The first-order valence-electron chi connectivity index (χ1n) is 5.33. The molecule has 0 saturated carbocycles. The van der Waals surface area contributed by atoms with Gasteiger partial charge in [0.1, 0.15) is 23.3 Å². The van der Waals surface area contributed by atoms with E-state index in [4.69, 9.17) is 5.73 Å². The van der Waals surface area contributed by atoms with Gasteiger partial charge in [0, 0.05) is 25.4 Å². The molecule has 1 aromatic rings. The van der Waals surface area contributed by atoms with Gasteiger partial charge in [-0.15, -0.1) is 0 Å². The van der Waals surface area contributed by atoms with E-state index < -0.39 is 28.9 Å². The van der Waals surface area contributed by atoms with Crippen molar-refractivity contribution in [1.29, 1.82) is 0 Å². The normalized spacial score (nSPS) is 15.1. The van der Waals surface area contributed by atoms with Crippen LogP contribution in [0.1, 0.15) is 5.56 Å². The average molecular weight is 269 g/mol. The minimum absolute atomic E-state index is 0.0278. The van der Waals surface area contributed by atoms with E-state index in [-0.39, 0.29) is 18.0 Å². The molecule has 1 amide bonds. The highest BCUT2D eigenvalue weighted by Crippen LogP contribution is 2.20. The smallest absolute Gasteiger partial charge is 0.247 e. The second kappa shape index (κ2) is 4.75. The van der Waals surface area contributed by atoms with Crippen LogP contribution in [0.25, 0.3) is 0 Å². The van der Waals surface area contributed by atoms with E-state index in [1.54, 1.807) is 0 Å². The predicted octanol–water partition coefficient (Wildman–Crippen LogP) is 1.17. The molecular formula is C12H10F3N3O. The van der Waals surface area contributed by atoms with Crippen LogP contribution < -0.4 is 5.73 Å². The Balaban J connectivity index is 2.43. The van der Waals surface area contributed by atoms with Crippen molar-refractivity contribution >= 4 is 11.7 Å². The molecule has 0 atom stereocenters. The lowest BCUT2D eigenvalue weighted by Crippen LogP contribution is -2.31. The number of amides is 1. The van der Waals surface area contributed by atoms with E-state index in [1.807, 2.05) is 0 Å². The molecule has 4 nitrogen and oxygen atoms in total. The van der Waals surface area contributed by atoms with Gasteiger partial charge in [-0.3, -0.25) is 9.79 Å². The molecule has 100 valence electrons. The number of nitrogens with two attached hydrogens (primary N) is 1. The molecule has 0 spiro atoms. The van der Waals surface area contributed by atoms with Gasteiger partial charge in [0.05, 0.1) is 17.7 Å². The number of carbonyl (C=O) groups is 1. The van der Waals surface area contributed by atoms with Gasteiger partial charge in [0.25, 0.3) is 0 Å². The maximum atomic E-state index is 13.6. The molecule has 7 heteroatoms. The van der Waals surface area contributed by atoms with Crippen LogP contribution in [0.2, 0.25) is 0 Å². The highest BCUT2D eigenvalue weighted by atomic mass is 19.1. The highest BCUT2D eigenvalue weighted by Gasteiger charge is 2.23. The third kappa shape index (κ3) is 2.44. The molecule has 0 aliphatic carbocycles. The van der Waals surface area contributed by atoms with E-state index in [1.165, 1.54) is 18.1 Å². The summed E-state index contributed by atoms with van der Waals surface area (Å²) in [5, 5.41) is 0. The van der Waals surface area contributed by atoms with Crippen molar-refractivity contribution in [2.45, 2.75) is 0 Å². The Morgan fingerprint density at radius 2 is 1.89 bits per heavy atom. The van der Waals surface area contributed by atoms with Gasteiger partial charge in [-0.25, -0.2) is 13.2 Å². The SMILES string of the molecule is CN1C=C(C(N)=O)CN=C1c1c(F)cc(F)cc1F. The molecule has 0 fully saturated rings. The van der Waals surface area contributed by atoms with E-state index in [2.05, 4.69) is 4.99 Å². The van der Waals surface area contributed by atoms with Crippen LogP contribution in [-0.4, -0.2) is 30.2 Å². The Morgan fingerprint density at radius 1 is 1.32 bits per heavy atom. The van der Waals surface area contributed by atoms with Crippen molar-refractivity contribution in [3.63, 3.8) is 0 Å². The summed E-state index contributed by atoms with van der Waals surface area (Å²) in [5.41, 5.74) is 4.87. The fourth-order valence-corrected chi connectivity index (χ4v) is 1.76. The fraction of sp³-hybridized carbons (Fsp3) is 0.167. The zero-order valence-electron chi connectivity index (χ0n) is 9.95. The number of nitrogens with zero attached hydrogens (tertiary/aromatic N) is 2. The Morgan fingerprint density at radius 3 is 2.37 bits per heavy atom. The molecule has 0 aromatic heterocycles. The lowest BCUT2D eigenvalue weighted by molar-refractivity contribution is -0.114. The third-order valence-electron chi connectivity index (χ3n) is 2.63. The van der Waals surface area contributed by atoms with Gasteiger partial charge in [-0.1, -0.05) is 0 Å². The maximum absolute atomic E-state index is 13.6. The fourth-order valence-electron chi connectivity index (χ4n) is 1.76. The van der Waals surface area contributed by atoms with Crippen LogP contribution >= 0.6 is 0 Å². The molecule has 2 N–H and O–H groups in total. The van der Waals surface area contributed by atoms with Gasteiger partial charge in [0.15, 0.2) is 0 Å². The Kier molecular flexibility index (Phi) is 3.28. The van der Waals surface area contributed by atoms with Crippen molar-refractivity contribution in [1.82, 2.24) is 4.90 Å². The van der Waals surface area contributed by atoms with E-state index >= 15 is 0 Å². The van der Waals surface area contributed by atoms with Crippen LogP contribution in [0, 0.1) is 17.5 Å². The molecular weight excluding hydrogens is 259 g/mol. The minimum atomic E-state index is -1.06. The third-order valence-corrected chi connectivity index (χ3v) is 2.63. The first kappa shape index (κ1) is 13.1. The maximum Gasteiger partial charge on any atom is 0.247 e. The standard InChI is InChI=1S/C12H10F3N3O/c1-18-5-6(11(16)19)4-17-12(18)10-8(14)2-7(13)3-9(10)15/h2-3,5H,4H2,1H3,(H2,16,19). The molecule has 1 heterocycles. The summed E-state index contributed by atoms with van der Waals surface area (Å²) in [6, 6.07) is 1.14. The molecule has 1 aliphatic rings. The first-order chi connectivity index (χ1) is 8.90. The number of halogens is 3. The largest absolute Gasteiger partial charge is 0.366 e. The Labute approximate surface area is 107 Å². The van der Waals surface area contributed by atoms with Crippen molar-refractivity contribution in [2.75, 3.05) is 13.6 Å². The zero-order chi connectivity index (χ0) is 14.2. The topological polar surface area (TPSA) is 58.7 Å². The van der Waals surface area contributed by atoms with Gasteiger partial charge in [0.2, 0.25) is 5.91 Å². The minimum Gasteiger partial charge on any atom is -0.366 e. The van der Waals surface area contributed by atoms with E-state index in [9.17, 15) is 18.0 Å². The molecule has 0 bridgehead atoms. The number of aliphatic imine (C=N–C) groups is 1. The van der Waals surface area contributed by atoms with Crippen LogP contribution in [0.5, 0.6) is 0 Å². The van der Waals surface area contributed by atoms with Gasteiger partial charge in [-0.05, 0) is 0 Å². The summed E-state index contributed by atoms with van der Waals surface area (Å²) in [6.07, 6.45) is 1.34. The molecule has 1 aromatic carbocycles. The molecule has 0 unspecified atom stereocenters. The highest BCUT2D eigenvalue weighted by molar-refractivity contribution is 6.02. The van der Waals surface area contributed by atoms with Crippen molar-refractivity contribution in [3.8, 4) is 0 Å². The molecule has 19 heavy (non-hydrogen) atoms. The summed E-state index contributed by atoms with van der Waals surface area (Å²) >= 11 is 0. The number of primary amides is 1. The van der Waals surface area contributed by atoms with Gasteiger partial charge < -0.3 is 10.6 Å². The molecule has 0 radical (unpaired) electrons. The lowest BCUT2D eigenvalue weighted by Gasteiger charge is -2.23. The second-order valence-electron chi connectivity index (χ2n) is 4.01. The van der Waals surface area contributed by atoms with Crippen molar-refractivity contribution in [2.24, 2.45) is 10.7 Å². The Hall–Kier alpha value is -2.31. The van der Waals surface area contributed by atoms with Crippen LogP contribution in [0.4, 0.5) is 13.2 Å². The summed E-state index contributed by atoms with van der Waals surface area (Å²) in [4.78, 5) is 16.2. The summed E-state index contributed by atoms with van der Waals surface area (Å²) in [5.74, 6) is -3.81. The number of benzene rings is 1. The summed E-state index contributed by atoms with van der Waals surface area (Å²) in [7, 11) is 1.46. The molecule has 1 aliphatic heterocycles. The lowest BCUT2D eigenvalue weighted by atomic mass is 10.1. The number of carbonyl (C=O) groups excluding carboxylic acids is 1. The molecule has 2 rings (SSSR count). The number of rotatable bonds is 2. The summed E-state index contributed by atoms with van der Waals surface area (Å²) in [6.45, 7) is -0.0781. The van der Waals surface area contributed by atoms with Crippen LogP contribution in [-0.2, 0) is 4.79 Å². The van der Waals surface area contributed by atoms with Gasteiger partial charge >= 0.3 is 0 Å². The van der Waals surface area contributed by atoms with Crippen LogP contribution in [0.15, 0.2) is 28.9 Å². The first-order valence-corrected chi connectivity index (χ1v) is 5.33. The van der Waals surface area contributed by atoms with Crippen molar-refractivity contribution < 1.29 is 18.0 Å². The number of amidine groups is 1. The Bertz CT molecular complexity index is 587. The number of hydrogen-bond acceptors (Lipinski definition) is 3. The predicted molar refractivity (Wildman–Crippen MR) is 62.8 cm³/mol. The average Bonchev–Trinajstić information content (AvgIpc) is 2.29. The van der Waals surface area contributed by atoms with Gasteiger partial charge in [-0.2, -0.15) is 0 Å². The van der Waals surface area contributed by atoms with E-state index in [0.29, 0.717) is 12.1 Å². The van der Waals surface area contributed by atoms with Crippen LogP contribution in [0.3, 0.4) is 0 Å². The quantitative estimate of drug-likeness (QED) is 0.876. The second-order valence-corrected chi connectivity index (χ2v) is 4.01. The molecule has 0 saturated heterocycles. The van der Waals surface area contributed by atoms with Crippen molar-refractivity contribution in [3.05, 3.63) is 46.9 Å². The number of hydrogen-bond donors (Lipinski definition) is 1.